The molecule has 0 spiro atoms. The van der Waals surface area contributed by atoms with Crippen molar-refractivity contribution in [1.82, 2.24) is 4.98 Å². The summed E-state index contributed by atoms with van der Waals surface area (Å²) in [5.74, 6) is 0.0278. The van der Waals surface area contributed by atoms with Crippen molar-refractivity contribution in [3.63, 3.8) is 0 Å². The molecule has 1 aromatic heterocycles. The Bertz CT molecular complexity index is 346. The zero-order chi connectivity index (χ0) is 11.5. The molecule has 0 aliphatic carbocycles. The minimum Gasteiger partial charge on any atom is -0.459 e. The van der Waals surface area contributed by atoms with Gasteiger partial charge in [0.15, 0.2) is 4.34 Å². The van der Waals surface area contributed by atoms with E-state index in [9.17, 15) is 4.79 Å². The Kier molecular flexibility index (Phi) is 4.43. The van der Waals surface area contributed by atoms with E-state index in [1.54, 1.807) is 5.38 Å². The minimum absolute atomic E-state index is 0.237. The lowest BCUT2D eigenvalue weighted by molar-refractivity contribution is -0.151. The Morgan fingerprint density at radius 2 is 2.33 bits per heavy atom. The predicted octanol–water partition coefficient (Wildman–Crippen LogP) is 3.23. The maximum absolute atomic E-state index is 11.3. The van der Waals surface area contributed by atoms with Crippen LogP contribution in [0.5, 0.6) is 0 Å². The minimum atomic E-state index is -0.432. The normalized spacial score (nSPS) is 11.5. The van der Waals surface area contributed by atoms with Crippen LogP contribution in [-0.4, -0.2) is 22.3 Å². The first-order valence-electron chi connectivity index (χ1n) is 4.32. The van der Waals surface area contributed by atoms with Gasteiger partial charge >= 0.3 is 5.97 Å². The van der Waals surface area contributed by atoms with Crippen LogP contribution in [0.2, 0.25) is 5.15 Å². The van der Waals surface area contributed by atoms with E-state index in [-0.39, 0.29) is 11.7 Å². The van der Waals surface area contributed by atoms with Gasteiger partial charge in [-0.05, 0) is 20.8 Å². The van der Waals surface area contributed by atoms with Crippen molar-refractivity contribution < 1.29 is 9.53 Å². The lowest BCUT2D eigenvalue weighted by atomic mass is 10.2. The van der Waals surface area contributed by atoms with Crippen LogP contribution in [0.4, 0.5) is 0 Å². The molecule has 0 unspecified atom stereocenters. The van der Waals surface area contributed by atoms with Crippen LogP contribution in [0.1, 0.15) is 20.8 Å². The fourth-order valence-corrected chi connectivity index (χ4v) is 2.57. The largest absolute Gasteiger partial charge is 0.459 e. The zero-order valence-corrected chi connectivity index (χ0v) is 11.1. The monoisotopic (exact) mass is 265 g/mol. The molecule has 0 aromatic carbocycles. The third-order valence-electron chi connectivity index (χ3n) is 1.19. The number of hydrogen-bond acceptors (Lipinski definition) is 5. The molecule has 0 aliphatic heterocycles. The molecule has 0 N–H and O–H groups in total. The van der Waals surface area contributed by atoms with Crippen molar-refractivity contribution in [1.29, 1.82) is 0 Å². The van der Waals surface area contributed by atoms with E-state index >= 15 is 0 Å². The molecule has 1 heterocycles. The number of hydrogen-bond donors (Lipinski definition) is 0. The average Bonchev–Trinajstić information content (AvgIpc) is 2.45. The lowest BCUT2D eigenvalue weighted by Crippen LogP contribution is -2.24. The summed E-state index contributed by atoms with van der Waals surface area (Å²) in [7, 11) is 0. The summed E-state index contributed by atoms with van der Waals surface area (Å²) in [6, 6.07) is 0. The van der Waals surface area contributed by atoms with E-state index in [0.29, 0.717) is 5.15 Å². The van der Waals surface area contributed by atoms with Crippen LogP contribution in [0.25, 0.3) is 0 Å². The standard InChI is InChI=1S/C9H12ClNO2S2/c1-9(2,3)13-7(12)5-15-8-11-6(10)4-14-8/h4H,5H2,1-3H3. The Hall–Kier alpha value is -0.260. The summed E-state index contributed by atoms with van der Waals surface area (Å²) in [5.41, 5.74) is -0.432. The predicted molar refractivity (Wildman–Crippen MR) is 63.7 cm³/mol. The van der Waals surface area contributed by atoms with Crippen molar-refractivity contribution in [3.05, 3.63) is 10.5 Å². The van der Waals surface area contributed by atoms with E-state index in [0.717, 1.165) is 4.34 Å². The third kappa shape index (κ3) is 5.39. The number of nitrogens with zero attached hydrogens (tertiary/aromatic N) is 1. The summed E-state index contributed by atoms with van der Waals surface area (Å²) < 4.78 is 5.93. The number of carbonyl (C=O) groups excluding carboxylic acids is 1. The van der Waals surface area contributed by atoms with Gasteiger partial charge in [0.2, 0.25) is 0 Å². The van der Waals surface area contributed by atoms with Crippen LogP contribution < -0.4 is 0 Å². The van der Waals surface area contributed by atoms with E-state index in [1.165, 1.54) is 23.1 Å². The molecule has 0 aliphatic rings. The number of aromatic nitrogens is 1. The van der Waals surface area contributed by atoms with Crippen molar-refractivity contribution in [2.45, 2.75) is 30.7 Å². The van der Waals surface area contributed by atoms with Crippen molar-refractivity contribution >= 4 is 40.7 Å². The van der Waals surface area contributed by atoms with Crippen molar-refractivity contribution in [2.24, 2.45) is 0 Å². The number of thioether (sulfide) groups is 1. The fourth-order valence-electron chi connectivity index (χ4n) is 0.797. The first-order valence-corrected chi connectivity index (χ1v) is 6.57. The molecule has 6 heteroatoms. The number of ether oxygens (including phenoxy) is 1. The quantitative estimate of drug-likeness (QED) is 0.621. The average molecular weight is 266 g/mol. The number of rotatable bonds is 3. The van der Waals surface area contributed by atoms with Gasteiger partial charge in [0.1, 0.15) is 10.8 Å². The molecular formula is C9H12ClNO2S2. The lowest BCUT2D eigenvalue weighted by Gasteiger charge is -2.18. The Morgan fingerprint density at radius 3 is 2.80 bits per heavy atom. The van der Waals surface area contributed by atoms with Crippen LogP contribution in [0.3, 0.4) is 0 Å². The van der Waals surface area contributed by atoms with Crippen LogP contribution in [0.15, 0.2) is 9.72 Å². The number of esters is 1. The van der Waals surface area contributed by atoms with Gasteiger partial charge in [0.25, 0.3) is 0 Å². The molecule has 1 rings (SSSR count). The highest BCUT2D eigenvalue weighted by Gasteiger charge is 2.16. The van der Waals surface area contributed by atoms with E-state index in [1.807, 2.05) is 20.8 Å². The smallest absolute Gasteiger partial charge is 0.316 e. The summed E-state index contributed by atoms with van der Waals surface area (Å²) in [4.78, 5) is 15.4. The number of halogens is 1. The molecular weight excluding hydrogens is 254 g/mol. The number of thiazole rings is 1. The molecule has 0 saturated carbocycles. The Labute approximate surface area is 102 Å². The van der Waals surface area contributed by atoms with E-state index in [2.05, 4.69) is 4.98 Å². The molecule has 15 heavy (non-hydrogen) atoms. The first kappa shape index (κ1) is 12.8. The van der Waals surface area contributed by atoms with Crippen LogP contribution in [-0.2, 0) is 9.53 Å². The number of carbonyl (C=O) groups is 1. The van der Waals surface area contributed by atoms with Gasteiger partial charge in [-0.25, -0.2) is 4.98 Å². The topological polar surface area (TPSA) is 39.2 Å². The highest BCUT2D eigenvalue weighted by atomic mass is 35.5. The van der Waals surface area contributed by atoms with E-state index < -0.39 is 5.60 Å². The molecule has 0 radical (unpaired) electrons. The molecule has 0 atom stereocenters. The van der Waals surface area contributed by atoms with Gasteiger partial charge in [-0.3, -0.25) is 4.79 Å². The van der Waals surface area contributed by atoms with Gasteiger partial charge in [-0.15, -0.1) is 11.3 Å². The zero-order valence-electron chi connectivity index (χ0n) is 8.74. The second kappa shape index (κ2) is 5.18. The van der Waals surface area contributed by atoms with E-state index in [4.69, 9.17) is 16.3 Å². The van der Waals surface area contributed by atoms with Gasteiger partial charge in [-0.1, -0.05) is 23.4 Å². The fraction of sp³-hybridized carbons (Fsp3) is 0.556. The molecule has 0 fully saturated rings. The maximum Gasteiger partial charge on any atom is 0.316 e. The summed E-state index contributed by atoms with van der Waals surface area (Å²) in [5, 5.41) is 2.20. The van der Waals surface area contributed by atoms with Crippen LogP contribution in [0, 0.1) is 0 Å². The second-order valence-electron chi connectivity index (χ2n) is 3.81. The SMILES string of the molecule is CC(C)(C)OC(=O)CSc1nc(Cl)cs1. The molecule has 3 nitrogen and oxygen atoms in total. The second-order valence-corrected chi connectivity index (χ2v) is 6.28. The first-order chi connectivity index (χ1) is 6.87. The summed E-state index contributed by atoms with van der Waals surface area (Å²) in [6.07, 6.45) is 0. The molecule has 84 valence electrons. The summed E-state index contributed by atoms with van der Waals surface area (Å²) in [6.45, 7) is 5.53. The van der Waals surface area contributed by atoms with Gasteiger partial charge in [0.05, 0.1) is 5.75 Å². The van der Waals surface area contributed by atoms with Crippen molar-refractivity contribution in [3.8, 4) is 0 Å². The van der Waals surface area contributed by atoms with Gasteiger partial charge < -0.3 is 4.74 Å². The highest BCUT2D eigenvalue weighted by Crippen LogP contribution is 2.25. The van der Waals surface area contributed by atoms with Crippen molar-refractivity contribution in [2.75, 3.05) is 5.75 Å². The molecule has 0 amide bonds. The molecule has 0 saturated heterocycles. The Balaban J connectivity index is 2.35. The molecule has 0 bridgehead atoms. The Morgan fingerprint density at radius 1 is 1.67 bits per heavy atom. The maximum atomic E-state index is 11.3. The summed E-state index contributed by atoms with van der Waals surface area (Å²) >= 11 is 8.41. The molecule has 1 aromatic rings. The highest BCUT2D eigenvalue weighted by molar-refractivity contribution is 8.01. The third-order valence-corrected chi connectivity index (χ3v) is 3.51. The van der Waals surface area contributed by atoms with Gasteiger partial charge in [-0.2, -0.15) is 0 Å². The van der Waals surface area contributed by atoms with Gasteiger partial charge in [0, 0.05) is 5.38 Å². The van der Waals surface area contributed by atoms with Crippen LogP contribution >= 0.6 is 34.7 Å².